The lowest BCUT2D eigenvalue weighted by Crippen LogP contribution is -2.36. The Kier molecular flexibility index (Phi) is 5.85. The van der Waals surface area contributed by atoms with Gasteiger partial charge in [-0.2, -0.15) is 0 Å². The van der Waals surface area contributed by atoms with E-state index in [1.165, 1.54) is 10.6 Å². The largest absolute Gasteiger partial charge is 0.390 e. The van der Waals surface area contributed by atoms with Crippen molar-refractivity contribution in [2.24, 2.45) is 0 Å². The third-order valence-corrected chi connectivity index (χ3v) is 8.41. The van der Waals surface area contributed by atoms with Gasteiger partial charge in [0.25, 0.3) is 5.91 Å². The summed E-state index contributed by atoms with van der Waals surface area (Å²) < 4.78 is 0. The maximum atomic E-state index is 13.5. The monoisotopic (exact) mass is 437 g/mol. The lowest BCUT2D eigenvalue weighted by atomic mass is 10.1. The molecule has 0 fully saturated rings. The fraction of sp³-hybridized carbons (Fsp3) is 0.107. The molecule has 4 aromatic rings. The molecule has 4 aromatic carbocycles. The van der Waals surface area contributed by atoms with Gasteiger partial charge in [-0.1, -0.05) is 103 Å². The Morgan fingerprint density at radius 3 is 2.00 bits per heavy atom. The van der Waals surface area contributed by atoms with Crippen molar-refractivity contribution in [3.8, 4) is 0 Å². The summed E-state index contributed by atoms with van der Waals surface area (Å²) in [6.45, 7) is 0. The summed E-state index contributed by atoms with van der Waals surface area (Å²) in [5.74, 6) is -0.152. The van der Waals surface area contributed by atoms with E-state index in [0.29, 0.717) is 12.0 Å². The fourth-order valence-corrected chi connectivity index (χ4v) is 6.86. The molecule has 1 aliphatic rings. The van der Waals surface area contributed by atoms with Crippen LogP contribution in [0.15, 0.2) is 109 Å². The van der Waals surface area contributed by atoms with E-state index in [2.05, 4.69) is 35.6 Å². The lowest BCUT2D eigenvalue weighted by Gasteiger charge is -2.23. The van der Waals surface area contributed by atoms with Gasteiger partial charge in [0.1, 0.15) is 0 Å². The van der Waals surface area contributed by atoms with Crippen LogP contribution < -0.4 is 21.2 Å². The minimum atomic E-state index is -0.904. The number of amides is 1. The Morgan fingerprint density at radius 1 is 0.750 bits per heavy atom. The first-order valence-corrected chi connectivity index (χ1v) is 12.1. The normalized spacial score (nSPS) is 17.2. The predicted molar refractivity (Wildman–Crippen MR) is 132 cm³/mol. The first-order valence-electron chi connectivity index (χ1n) is 10.8. The summed E-state index contributed by atoms with van der Waals surface area (Å²) in [4.78, 5) is 13.5. The molecule has 0 unspecified atom stereocenters. The Labute approximate surface area is 189 Å². The highest BCUT2D eigenvalue weighted by Gasteiger charge is 2.33. The average Bonchev–Trinajstić information content (AvgIpc) is 3.16. The third kappa shape index (κ3) is 3.98. The van der Waals surface area contributed by atoms with Crippen molar-refractivity contribution >= 4 is 29.7 Å². The van der Waals surface area contributed by atoms with Crippen molar-refractivity contribution in [2.75, 3.05) is 0 Å². The van der Waals surface area contributed by atoms with E-state index in [0.717, 1.165) is 16.4 Å². The summed E-state index contributed by atoms with van der Waals surface area (Å²) in [7, 11) is -0.904. The zero-order valence-electron chi connectivity index (χ0n) is 17.6. The van der Waals surface area contributed by atoms with Gasteiger partial charge in [-0.3, -0.25) is 4.79 Å². The van der Waals surface area contributed by atoms with Gasteiger partial charge in [0.05, 0.1) is 12.1 Å². The molecule has 0 radical (unpaired) electrons. The molecule has 0 saturated heterocycles. The highest BCUT2D eigenvalue weighted by molar-refractivity contribution is 7.80. The van der Waals surface area contributed by atoms with Crippen LogP contribution in [0.1, 0.15) is 27.5 Å². The van der Waals surface area contributed by atoms with Crippen molar-refractivity contribution in [2.45, 2.75) is 18.6 Å². The molecule has 32 heavy (non-hydrogen) atoms. The third-order valence-electron chi connectivity index (χ3n) is 5.91. The van der Waals surface area contributed by atoms with Crippen molar-refractivity contribution < 1.29 is 9.90 Å². The second kappa shape index (κ2) is 9.08. The smallest absolute Gasteiger partial charge is 0.252 e. The highest BCUT2D eigenvalue weighted by Crippen LogP contribution is 2.35. The molecule has 1 aliphatic carbocycles. The highest BCUT2D eigenvalue weighted by atomic mass is 31.1. The molecule has 5 rings (SSSR count). The maximum Gasteiger partial charge on any atom is 0.252 e. The molecular formula is C28H24NO2P. The van der Waals surface area contributed by atoms with Gasteiger partial charge < -0.3 is 10.4 Å². The van der Waals surface area contributed by atoms with Gasteiger partial charge in [-0.05, 0) is 41.0 Å². The van der Waals surface area contributed by atoms with Crippen LogP contribution in [0.25, 0.3) is 0 Å². The number of nitrogens with one attached hydrogen (secondary N) is 1. The van der Waals surface area contributed by atoms with Gasteiger partial charge in [-0.25, -0.2) is 0 Å². The molecule has 0 saturated carbocycles. The van der Waals surface area contributed by atoms with Gasteiger partial charge >= 0.3 is 0 Å². The van der Waals surface area contributed by atoms with Crippen LogP contribution in [0.2, 0.25) is 0 Å². The van der Waals surface area contributed by atoms with Crippen LogP contribution in [0.4, 0.5) is 0 Å². The molecule has 2 atom stereocenters. The summed E-state index contributed by atoms with van der Waals surface area (Å²) in [6.07, 6.45) is -0.0583. The quantitative estimate of drug-likeness (QED) is 0.466. The fourth-order valence-electron chi connectivity index (χ4n) is 4.41. The number of hydrogen-bond donors (Lipinski definition) is 2. The number of carbonyl (C=O) groups is 1. The van der Waals surface area contributed by atoms with E-state index in [-0.39, 0.29) is 5.91 Å². The summed E-state index contributed by atoms with van der Waals surface area (Å²) in [5, 5.41) is 17.2. The van der Waals surface area contributed by atoms with E-state index >= 15 is 0 Å². The van der Waals surface area contributed by atoms with Gasteiger partial charge in [0, 0.05) is 12.0 Å². The van der Waals surface area contributed by atoms with E-state index in [1.807, 2.05) is 78.9 Å². The Balaban J connectivity index is 1.54. The van der Waals surface area contributed by atoms with Crippen molar-refractivity contribution in [1.29, 1.82) is 0 Å². The minimum absolute atomic E-state index is 0.152. The number of rotatable bonds is 5. The molecule has 0 bridgehead atoms. The Hall–Kier alpha value is -3.26. The number of fused-ring (bicyclic) bond motifs is 1. The number of hydrogen-bond acceptors (Lipinski definition) is 2. The van der Waals surface area contributed by atoms with Crippen molar-refractivity contribution in [1.82, 2.24) is 5.32 Å². The zero-order chi connectivity index (χ0) is 21.9. The second-order valence-electron chi connectivity index (χ2n) is 7.95. The standard InChI is InChI=1S/C28H24NO2P/c30-25-19-20-11-7-8-16-23(20)27(25)29-28(31)24-17-9-10-18-26(24)32(21-12-3-1-4-13-21)22-14-5-2-6-15-22/h1-18,25,27,30H,19H2,(H,29,31)/t25-,27-/m0/s1. The van der Waals surface area contributed by atoms with Crippen LogP contribution in [-0.2, 0) is 6.42 Å². The topological polar surface area (TPSA) is 49.3 Å². The van der Waals surface area contributed by atoms with Gasteiger partial charge in [0.2, 0.25) is 0 Å². The molecule has 2 N–H and O–H groups in total. The summed E-state index contributed by atoms with van der Waals surface area (Å²) in [5.41, 5.74) is 2.75. The molecule has 158 valence electrons. The Morgan fingerprint density at radius 2 is 1.31 bits per heavy atom. The predicted octanol–water partition coefficient (Wildman–Crippen LogP) is 3.83. The van der Waals surface area contributed by atoms with Crippen LogP contribution in [0, 0.1) is 0 Å². The first-order chi connectivity index (χ1) is 15.7. The Bertz CT molecular complexity index is 1190. The van der Waals surface area contributed by atoms with E-state index in [1.54, 1.807) is 0 Å². The molecule has 0 heterocycles. The molecule has 0 aromatic heterocycles. The average molecular weight is 437 g/mol. The summed E-state index contributed by atoms with van der Waals surface area (Å²) in [6, 6.07) is 36.1. The van der Waals surface area contributed by atoms with Crippen molar-refractivity contribution in [3.63, 3.8) is 0 Å². The minimum Gasteiger partial charge on any atom is -0.390 e. The van der Waals surface area contributed by atoms with Crippen molar-refractivity contribution in [3.05, 3.63) is 126 Å². The molecule has 1 amide bonds. The number of carbonyl (C=O) groups excluding carboxylic acids is 1. The number of benzene rings is 4. The molecule has 0 spiro atoms. The number of aliphatic hydroxyl groups excluding tert-OH is 1. The molecule has 3 nitrogen and oxygen atoms in total. The first kappa shape index (κ1) is 20.6. The SMILES string of the molecule is O=C(N[C@H]1c2ccccc2C[C@@H]1O)c1ccccc1P(c1ccccc1)c1ccccc1. The van der Waals surface area contributed by atoms with E-state index in [4.69, 9.17) is 0 Å². The summed E-state index contributed by atoms with van der Waals surface area (Å²) >= 11 is 0. The molecule has 4 heteroatoms. The van der Waals surface area contributed by atoms with Gasteiger partial charge in [-0.15, -0.1) is 0 Å². The van der Waals surface area contributed by atoms with E-state index in [9.17, 15) is 9.90 Å². The molecular weight excluding hydrogens is 413 g/mol. The van der Waals surface area contributed by atoms with Crippen LogP contribution >= 0.6 is 7.92 Å². The maximum absolute atomic E-state index is 13.5. The zero-order valence-corrected chi connectivity index (χ0v) is 18.5. The molecule has 0 aliphatic heterocycles. The number of aliphatic hydroxyl groups is 1. The van der Waals surface area contributed by atoms with Crippen LogP contribution in [0.5, 0.6) is 0 Å². The van der Waals surface area contributed by atoms with Gasteiger partial charge in [0.15, 0.2) is 0 Å². The lowest BCUT2D eigenvalue weighted by molar-refractivity contribution is 0.0859. The van der Waals surface area contributed by atoms with Crippen LogP contribution in [-0.4, -0.2) is 17.1 Å². The van der Waals surface area contributed by atoms with Crippen LogP contribution in [0.3, 0.4) is 0 Å². The second-order valence-corrected chi connectivity index (χ2v) is 10.1. The van der Waals surface area contributed by atoms with E-state index < -0.39 is 20.1 Å².